The Bertz CT molecular complexity index is 389. The number of rotatable bonds is 2. The van der Waals surface area contributed by atoms with Gasteiger partial charge in [0.05, 0.1) is 24.1 Å². The first kappa shape index (κ1) is 12.4. The number of aromatic nitrogens is 2. The maximum absolute atomic E-state index is 4.55. The number of aliphatic imine (C=N–C) groups is 1. The molecule has 1 aliphatic heterocycles. The Morgan fingerprint density at radius 3 is 2.88 bits per heavy atom. The second kappa shape index (κ2) is 5.49. The molecule has 1 aliphatic rings. The van der Waals surface area contributed by atoms with Crippen LogP contribution in [0.2, 0.25) is 0 Å². The predicted octanol–water partition coefficient (Wildman–Crippen LogP) is 2.14. The van der Waals surface area contributed by atoms with Gasteiger partial charge >= 0.3 is 0 Å². The molecule has 17 heavy (non-hydrogen) atoms. The number of amidine groups is 1. The summed E-state index contributed by atoms with van der Waals surface area (Å²) in [6, 6.07) is 0.508. The van der Waals surface area contributed by atoms with Gasteiger partial charge in [-0.15, -0.1) is 0 Å². The molecule has 2 atom stereocenters. The highest BCUT2D eigenvalue weighted by Gasteiger charge is 2.19. The highest BCUT2D eigenvalue weighted by molar-refractivity contribution is 8.14. The maximum atomic E-state index is 4.55. The van der Waals surface area contributed by atoms with Crippen LogP contribution in [0.4, 0.5) is 0 Å². The third-order valence-electron chi connectivity index (χ3n) is 2.59. The fraction of sp³-hybridized carbons (Fsp3) is 0.583. The van der Waals surface area contributed by atoms with Crippen LogP contribution >= 0.6 is 11.8 Å². The van der Waals surface area contributed by atoms with Gasteiger partial charge in [0.2, 0.25) is 0 Å². The van der Waals surface area contributed by atoms with Crippen molar-refractivity contribution in [3.05, 3.63) is 23.8 Å². The summed E-state index contributed by atoms with van der Waals surface area (Å²) in [4.78, 5) is 13.1. The topological polar surface area (TPSA) is 50.2 Å². The van der Waals surface area contributed by atoms with Crippen LogP contribution in [0.3, 0.4) is 0 Å². The van der Waals surface area contributed by atoms with Gasteiger partial charge in [-0.2, -0.15) is 0 Å². The zero-order valence-corrected chi connectivity index (χ0v) is 11.3. The van der Waals surface area contributed by atoms with E-state index in [-0.39, 0.29) is 0 Å². The molecule has 0 saturated carbocycles. The summed E-state index contributed by atoms with van der Waals surface area (Å²) in [6.07, 6.45) is 4.76. The van der Waals surface area contributed by atoms with E-state index >= 15 is 0 Å². The average Bonchev–Trinajstić information content (AvgIpc) is 2.27. The molecule has 0 spiro atoms. The summed E-state index contributed by atoms with van der Waals surface area (Å²) in [5.41, 5.74) is 1.85. The average molecular weight is 250 g/mol. The Kier molecular flexibility index (Phi) is 3.99. The van der Waals surface area contributed by atoms with Crippen molar-refractivity contribution in [1.29, 1.82) is 0 Å². The Morgan fingerprint density at radius 1 is 1.41 bits per heavy atom. The van der Waals surface area contributed by atoms with E-state index in [0.717, 1.165) is 16.6 Å². The van der Waals surface area contributed by atoms with Gasteiger partial charge in [-0.1, -0.05) is 18.7 Å². The summed E-state index contributed by atoms with van der Waals surface area (Å²) in [6.45, 7) is 6.97. The number of aryl methyl sites for hydroxylation is 1. The van der Waals surface area contributed by atoms with Crippen molar-refractivity contribution in [2.24, 2.45) is 4.99 Å². The molecule has 0 aromatic carbocycles. The third-order valence-corrected chi connectivity index (χ3v) is 3.65. The van der Waals surface area contributed by atoms with Gasteiger partial charge < -0.3 is 5.32 Å². The van der Waals surface area contributed by atoms with Crippen molar-refractivity contribution in [3.63, 3.8) is 0 Å². The standard InChI is InChI=1S/C12H18N4S/c1-8-4-10(3)17-12(16-8)15-7-11-6-13-9(2)5-14-11/h5-6,8,10H,4,7H2,1-3H3,(H,15,16). The van der Waals surface area contributed by atoms with Crippen molar-refractivity contribution in [2.75, 3.05) is 0 Å². The van der Waals surface area contributed by atoms with Crippen LogP contribution in [0.25, 0.3) is 0 Å². The first-order valence-electron chi connectivity index (χ1n) is 5.88. The zero-order chi connectivity index (χ0) is 12.3. The molecule has 1 N–H and O–H groups in total. The van der Waals surface area contributed by atoms with Crippen molar-refractivity contribution in [2.45, 2.75) is 45.0 Å². The second-order valence-electron chi connectivity index (χ2n) is 4.48. The second-order valence-corrected chi connectivity index (χ2v) is 5.91. The fourth-order valence-electron chi connectivity index (χ4n) is 1.78. The Hall–Kier alpha value is -1.10. The zero-order valence-electron chi connectivity index (χ0n) is 10.5. The molecule has 4 nitrogen and oxygen atoms in total. The van der Waals surface area contributed by atoms with Crippen molar-refractivity contribution < 1.29 is 0 Å². The first-order valence-corrected chi connectivity index (χ1v) is 6.76. The molecule has 0 aliphatic carbocycles. The molecule has 1 aromatic rings. The molecule has 5 heteroatoms. The smallest absolute Gasteiger partial charge is 0.157 e. The molecule has 0 radical (unpaired) electrons. The number of thioether (sulfide) groups is 1. The monoisotopic (exact) mass is 250 g/mol. The highest BCUT2D eigenvalue weighted by atomic mass is 32.2. The van der Waals surface area contributed by atoms with E-state index in [2.05, 4.69) is 34.1 Å². The minimum Gasteiger partial charge on any atom is -0.362 e. The van der Waals surface area contributed by atoms with Crippen molar-refractivity contribution >= 4 is 16.9 Å². The lowest BCUT2D eigenvalue weighted by molar-refractivity contribution is 0.597. The summed E-state index contributed by atoms with van der Waals surface area (Å²) in [7, 11) is 0. The first-order chi connectivity index (χ1) is 8.13. The summed E-state index contributed by atoms with van der Waals surface area (Å²) < 4.78 is 0. The van der Waals surface area contributed by atoms with E-state index in [0.29, 0.717) is 17.8 Å². The molecular weight excluding hydrogens is 232 g/mol. The quantitative estimate of drug-likeness (QED) is 0.873. The number of hydrogen-bond donors (Lipinski definition) is 1. The molecule has 2 heterocycles. The van der Waals surface area contributed by atoms with Gasteiger partial charge in [0.1, 0.15) is 0 Å². The summed E-state index contributed by atoms with van der Waals surface area (Å²) in [5.74, 6) is 0. The summed E-state index contributed by atoms with van der Waals surface area (Å²) in [5, 5.41) is 5.05. The lowest BCUT2D eigenvalue weighted by Crippen LogP contribution is -2.38. The molecular formula is C12H18N4S. The fourth-order valence-corrected chi connectivity index (χ4v) is 2.95. The highest BCUT2D eigenvalue weighted by Crippen LogP contribution is 2.22. The van der Waals surface area contributed by atoms with Gasteiger partial charge in [-0.25, -0.2) is 0 Å². The number of nitrogens with zero attached hydrogens (tertiary/aromatic N) is 3. The van der Waals surface area contributed by atoms with Crippen molar-refractivity contribution in [3.8, 4) is 0 Å². The van der Waals surface area contributed by atoms with E-state index in [1.54, 1.807) is 24.2 Å². The van der Waals surface area contributed by atoms with Crippen LogP contribution < -0.4 is 5.32 Å². The molecule has 0 amide bonds. The Morgan fingerprint density at radius 2 is 2.24 bits per heavy atom. The third kappa shape index (κ3) is 3.70. The van der Waals surface area contributed by atoms with Crippen molar-refractivity contribution in [1.82, 2.24) is 15.3 Å². The maximum Gasteiger partial charge on any atom is 0.157 e. The molecule has 0 bridgehead atoms. The van der Waals surface area contributed by atoms with Gasteiger partial charge in [0, 0.05) is 17.5 Å². The molecule has 1 saturated heterocycles. The lowest BCUT2D eigenvalue weighted by Gasteiger charge is -2.26. The molecule has 92 valence electrons. The Balaban J connectivity index is 1.97. The van der Waals surface area contributed by atoms with Crippen LogP contribution in [0.1, 0.15) is 31.7 Å². The molecule has 2 rings (SSSR count). The molecule has 2 unspecified atom stereocenters. The lowest BCUT2D eigenvalue weighted by atomic mass is 10.2. The minimum atomic E-state index is 0.508. The molecule has 1 fully saturated rings. The summed E-state index contributed by atoms with van der Waals surface area (Å²) >= 11 is 1.80. The van der Waals surface area contributed by atoms with E-state index in [4.69, 9.17) is 0 Å². The largest absolute Gasteiger partial charge is 0.362 e. The van der Waals surface area contributed by atoms with Crippen LogP contribution in [0, 0.1) is 6.92 Å². The van der Waals surface area contributed by atoms with E-state index in [1.165, 1.54) is 6.42 Å². The minimum absolute atomic E-state index is 0.508. The number of hydrogen-bond acceptors (Lipinski definition) is 4. The van der Waals surface area contributed by atoms with Gasteiger partial charge in [-0.3, -0.25) is 15.0 Å². The van der Waals surface area contributed by atoms with Gasteiger partial charge in [0.15, 0.2) is 5.17 Å². The van der Waals surface area contributed by atoms with Crippen LogP contribution in [-0.4, -0.2) is 26.4 Å². The molecule has 1 aromatic heterocycles. The van der Waals surface area contributed by atoms with Crippen LogP contribution in [0.5, 0.6) is 0 Å². The predicted molar refractivity (Wildman–Crippen MR) is 72.2 cm³/mol. The SMILES string of the molecule is Cc1cnc(CN=C2NC(C)CC(C)S2)cn1. The van der Waals surface area contributed by atoms with Gasteiger partial charge in [0.25, 0.3) is 0 Å². The van der Waals surface area contributed by atoms with E-state index < -0.39 is 0 Å². The van der Waals surface area contributed by atoms with Crippen LogP contribution in [0.15, 0.2) is 17.4 Å². The van der Waals surface area contributed by atoms with Crippen LogP contribution in [-0.2, 0) is 6.54 Å². The van der Waals surface area contributed by atoms with E-state index in [1.807, 2.05) is 6.92 Å². The number of nitrogens with one attached hydrogen (secondary N) is 1. The Labute approximate surface area is 106 Å². The van der Waals surface area contributed by atoms with Gasteiger partial charge in [-0.05, 0) is 20.3 Å². The van der Waals surface area contributed by atoms with E-state index in [9.17, 15) is 0 Å². The normalized spacial score (nSPS) is 26.9.